The number of halogens is 3. The highest BCUT2D eigenvalue weighted by Gasteiger charge is 2.41. The molecular weight excluding hydrogens is 412 g/mol. The molecule has 2 heterocycles. The van der Waals surface area contributed by atoms with Gasteiger partial charge in [-0.3, -0.25) is 4.68 Å². The van der Waals surface area contributed by atoms with Gasteiger partial charge in [0.2, 0.25) is 0 Å². The Kier molecular flexibility index (Phi) is 5.29. The summed E-state index contributed by atoms with van der Waals surface area (Å²) in [5.74, 6) is -1.57. The molecule has 0 aliphatic heterocycles. The van der Waals surface area contributed by atoms with Crippen LogP contribution >= 0.6 is 11.6 Å². The maximum atomic E-state index is 14.8. The lowest BCUT2D eigenvalue weighted by Gasteiger charge is -2.35. The van der Waals surface area contributed by atoms with Crippen LogP contribution in [0.25, 0.3) is 10.9 Å². The van der Waals surface area contributed by atoms with E-state index in [0.29, 0.717) is 11.4 Å². The number of hydrogen-bond acceptors (Lipinski definition) is 4. The van der Waals surface area contributed by atoms with Gasteiger partial charge >= 0.3 is 0 Å². The molecule has 30 heavy (non-hydrogen) atoms. The molecule has 156 valence electrons. The summed E-state index contributed by atoms with van der Waals surface area (Å²) in [4.78, 5) is 3.90. The third kappa shape index (κ3) is 3.46. The van der Waals surface area contributed by atoms with E-state index in [1.165, 1.54) is 23.4 Å². The van der Waals surface area contributed by atoms with Gasteiger partial charge in [-0.1, -0.05) is 24.6 Å². The predicted molar refractivity (Wildman–Crippen MR) is 109 cm³/mol. The van der Waals surface area contributed by atoms with Crippen molar-refractivity contribution in [3.8, 4) is 0 Å². The Morgan fingerprint density at radius 1 is 1.20 bits per heavy atom. The third-order valence-electron chi connectivity index (χ3n) is 5.40. The molecule has 0 saturated carbocycles. The average Bonchev–Trinajstić information content (AvgIpc) is 3.34. The summed E-state index contributed by atoms with van der Waals surface area (Å²) in [5.41, 5.74) is -0.289. The van der Waals surface area contributed by atoms with Crippen molar-refractivity contribution in [3.63, 3.8) is 0 Å². The maximum Gasteiger partial charge on any atom is 0.137 e. The number of benzene rings is 2. The van der Waals surface area contributed by atoms with Crippen LogP contribution in [0.3, 0.4) is 0 Å². The maximum absolute atomic E-state index is 14.8. The van der Waals surface area contributed by atoms with Crippen LogP contribution < -0.4 is 0 Å². The Labute approximate surface area is 176 Å². The molecule has 0 spiro atoms. The Morgan fingerprint density at radius 3 is 2.67 bits per heavy atom. The summed E-state index contributed by atoms with van der Waals surface area (Å²) in [7, 11) is 0. The Hall–Kier alpha value is -2.84. The van der Waals surface area contributed by atoms with Gasteiger partial charge < -0.3 is 5.11 Å². The van der Waals surface area contributed by atoms with E-state index in [2.05, 4.69) is 15.2 Å². The van der Waals surface area contributed by atoms with Crippen molar-refractivity contribution in [1.82, 2.24) is 24.5 Å². The molecule has 0 amide bonds. The third-order valence-corrected chi connectivity index (χ3v) is 5.64. The van der Waals surface area contributed by atoms with Crippen molar-refractivity contribution in [2.75, 3.05) is 0 Å². The number of nitrogens with zero attached hydrogens (tertiary/aromatic N) is 5. The molecule has 0 bridgehead atoms. The predicted octanol–water partition coefficient (Wildman–Crippen LogP) is 4.27. The first-order valence-corrected chi connectivity index (χ1v) is 9.88. The van der Waals surface area contributed by atoms with Crippen molar-refractivity contribution >= 4 is 22.5 Å². The van der Waals surface area contributed by atoms with Gasteiger partial charge in [0, 0.05) is 22.0 Å². The lowest BCUT2D eigenvalue weighted by molar-refractivity contribution is -0.0355. The van der Waals surface area contributed by atoms with E-state index in [4.69, 9.17) is 11.6 Å². The molecule has 9 heteroatoms. The van der Waals surface area contributed by atoms with E-state index in [1.807, 2.05) is 19.1 Å². The number of aryl methyl sites for hydroxylation is 1. The fourth-order valence-corrected chi connectivity index (χ4v) is 3.95. The minimum absolute atomic E-state index is 0.0532. The van der Waals surface area contributed by atoms with Gasteiger partial charge in [0.1, 0.15) is 29.9 Å². The van der Waals surface area contributed by atoms with E-state index >= 15 is 0 Å². The Bertz CT molecular complexity index is 1190. The van der Waals surface area contributed by atoms with Crippen LogP contribution in [0.5, 0.6) is 0 Å². The molecule has 4 aromatic rings. The van der Waals surface area contributed by atoms with E-state index in [9.17, 15) is 13.9 Å². The summed E-state index contributed by atoms with van der Waals surface area (Å²) < 4.78 is 31.4. The molecule has 2 aromatic carbocycles. The van der Waals surface area contributed by atoms with Gasteiger partial charge in [0.15, 0.2) is 0 Å². The average molecular weight is 432 g/mol. The zero-order valence-electron chi connectivity index (χ0n) is 16.4. The van der Waals surface area contributed by atoms with E-state index in [0.717, 1.165) is 28.7 Å². The summed E-state index contributed by atoms with van der Waals surface area (Å²) in [5, 5.41) is 22.0. The van der Waals surface area contributed by atoms with Crippen LogP contribution in [0, 0.1) is 11.6 Å². The normalized spacial score (nSPS) is 14.7. The smallest absolute Gasteiger partial charge is 0.137 e. The molecule has 0 radical (unpaired) electrons. The van der Waals surface area contributed by atoms with Gasteiger partial charge in [0.25, 0.3) is 0 Å². The molecule has 0 aliphatic rings. The first-order valence-electron chi connectivity index (χ1n) is 9.50. The molecule has 2 aromatic heterocycles. The number of rotatable bonds is 6. The molecule has 1 N–H and O–H groups in total. The van der Waals surface area contributed by atoms with Crippen LogP contribution in [-0.4, -0.2) is 29.7 Å². The number of aliphatic hydroxyl groups is 1. The number of hydrogen-bond donors (Lipinski definition) is 1. The molecule has 0 fully saturated rings. The first kappa shape index (κ1) is 20.4. The number of aromatic nitrogens is 5. The zero-order valence-corrected chi connectivity index (χ0v) is 17.2. The summed E-state index contributed by atoms with van der Waals surface area (Å²) in [6.07, 6.45) is 3.41. The second kappa shape index (κ2) is 7.77. The minimum Gasteiger partial charge on any atom is -0.381 e. The SMILES string of the molecule is CCc1nn([C@H](C)[C@](O)(Cn2cncn2)c2ccc(F)cc2F)c2ccc(Cl)cc12. The standard InChI is InChI=1S/C21H20ClF2N5O/c1-3-19-16-8-14(22)4-7-20(16)29(27-19)13(2)21(30,10-28-12-25-11-26-28)17-6-5-15(23)9-18(17)24/h4-9,11-13,30H,3,10H2,1-2H3/t13-,21-/m1/s1. The highest BCUT2D eigenvalue weighted by Crippen LogP contribution is 2.38. The quantitative estimate of drug-likeness (QED) is 0.495. The van der Waals surface area contributed by atoms with E-state index in [-0.39, 0.29) is 12.1 Å². The van der Waals surface area contributed by atoms with E-state index in [1.54, 1.807) is 17.7 Å². The van der Waals surface area contributed by atoms with Gasteiger partial charge in [-0.25, -0.2) is 18.4 Å². The van der Waals surface area contributed by atoms with Crippen molar-refractivity contribution in [3.05, 3.63) is 77.0 Å². The van der Waals surface area contributed by atoms with Crippen LogP contribution in [0.4, 0.5) is 8.78 Å². The second-order valence-corrected chi connectivity index (χ2v) is 7.66. The molecule has 4 rings (SSSR count). The van der Waals surface area contributed by atoms with Crippen molar-refractivity contribution in [2.45, 2.75) is 38.5 Å². The molecule has 0 unspecified atom stereocenters. The Morgan fingerprint density at radius 2 is 2.00 bits per heavy atom. The second-order valence-electron chi connectivity index (χ2n) is 7.22. The van der Waals surface area contributed by atoms with E-state index < -0.39 is 23.3 Å². The molecule has 2 atom stereocenters. The minimum atomic E-state index is -1.80. The summed E-state index contributed by atoms with van der Waals surface area (Å²) >= 11 is 6.16. The highest BCUT2D eigenvalue weighted by molar-refractivity contribution is 6.31. The molecular formula is C21H20ClF2N5O. The van der Waals surface area contributed by atoms with Gasteiger partial charge in [-0.2, -0.15) is 10.2 Å². The summed E-state index contributed by atoms with van der Waals surface area (Å²) in [6, 6.07) is 7.77. The lowest BCUT2D eigenvalue weighted by atomic mass is 9.86. The van der Waals surface area contributed by atoms with Crippen molar-refractivity contribution < 1.29 is 13.9 Å². The fourth-order valence-electron chi connectivity index (χ4n) is 3.78. The largest absolute Gasteiger partial charge is 0.381 e. The lowest BCUT2D eigenvalue weighted by Crippen LogP contribution is -2.41. The molecule has 0 saturated heterocycles. The zero-order chi connectivity index (χ0) is 21.5. The topological polar surface area (TPSA) is 68.8 Å². The van der Waals surface area contributed by atoms with Gasteiger partial charge in [-0.15, -0.1) is 0 Å². The van der Waals surface area contributed by atoms with Crippen LogP contribution in [0.2, 0.25) is 5.02 Å². The molecule has 6 nitrogen and oxygen atoms in total. The summed E-state index contributed by atoms with van der Waals surface area (Å²) in [6.45, 7) is 3.60. The van der Waals surface area contributed by atoms with Crippen LogP contribution in [0.15, 0.2) is 49.1 Å². The highest BCUT2D eigenvalue weighted by atomic mass is 35.5. The first-order chi connectivity index (χ1) is 14.3. The van der Waals surface area contributed by atoms with Crippen molar-refractivity contribution in [2.24, 2.45) is 0 Å². The number of fused-ring (bicyclic) bond motifs is 1. The monoisotopic (exact) mass is 431 g/mol. The fraction of sp³-hybridized carbons (Fsp3) is 0.286. The van der Waals surface area contributed by atoms with Gasteiger partial charge in [0.05, 0.1) is 23.8 Å². The van der Waals surface area contributed by atoms with Crippen LogP contribution in [-0.2, 0) is 18.6 Å². The Balaban J connectivity index is 1.90. The molecule has 0 aliphatic carbocycles. The van der Waals surface area contributed by atoms with Crippen LogP contribution in [0.1, 0.15) is 31.1 Å². The van der Waals surface area contributed by atoms with Crippen molar-refractivity contribution in [1.29, 1.82) is 0 Å². The van der Waals surface area contributed by atoms with Gasteiger partial charge in [-0.05, 0) is 37.6 Å².